The third-order valence-electron chi connectivity index (χ3n) is 5.79. The molecule has 4 rings (SSSR count). The van der Waals surface area contributed by atoms with Crippen molar-refractivity contribution in [2.24, 2.45) is 5.73 Å². The number of amides is 1. The van der Waals surface area contributed by atoms with Crippen LogP contribution < -0.4 is 10.5 Å². The molecule has 1 saturated heterocycles. The lowest BCUT2D eigenvalue weighted by molar-refractivity contribution is 0.00696. The summed E-state index contributed by atoms with van der Waals surface area (Å²) in [6.07, 6.45) is 3.98. The largest absolute Gasteiger partial charge is 0.472 e. The van der Waals surface area contributed by atoms with Crippen LogP contribution in [0.4, 0.5) is 9.18 Å². The van der Waals surface area contributed by atoms with Crippen molar-refractivity contribution in [2.75, 3.05) is 13.1 Å². The number of nitrogens with zero attached hydrogens (tertiary/aromatic N) is 3. The van der Waals surface area contributed by atoms with Gasteiger partial charge in [0.2, 0.25) is 5.88 Å². The number of benzene rings is 1. The Bertz CT molecular complexity index is 820. The molecule has 2 heterocycles. The highest BCUT2D eigenvalue weighted by atomic mass is 19.1. The summed E-state index contributed by atoms with van der Waals surface area (Å²) in [5.74, 6) is 0.502. The lowest BCUT2D eigenvalue weighted by Gasteiger charge is -2.38. The molecule has 154 valence electrons. The number of primary amides is 1. The van der Waals surface area contributed by atoms with Crippen molar-refractivity contribution in [3.63, 3.8) is 0 Å². The Kier molecular flexibility index (Phi) is 5.89. The minimum absolute atomic E-state index is 0.0888. The van der Waals surface area contributed by atoms with Gasteiger partial charge < -0.3 is 15.2 Å². The van der Waals surface area contributed by atoms with E-state index in [0.29, 0.717) is 12.4 Å². The van der Waals surface area contributed by atoms with E-state index in [0.717, 1.165) is 37.8 Å². The van der Waals surface area contributed by atoms with Crippen LogP contribution in [0.25, 0.3) is 0 Å². The fraction of sp³-hybridized carbons (Fsp3) is 0.476. The zero-order valence-electron chi connectivity index (χ0n) is 16.1. The summed E-state index contributed by atoms with van der Waals surface area (Å²) in [6.45, 7) is 1.53. The summed E-state index contributed by atoms with van der Waals surface area (Å²) in [5, 5.41) is 7.95. The van der Waals surface area contributed by atoms with Gasteiger partial charge in [-0.1, -0.05) is 12.1 Å². The summed E-state index contributed by atoms with van der Waals surface area (Å²) in [4.78, 5) is 13.5. The first kappa shape index (κ1) is 19.6. The summed E-state index contributed by atoms with van der Waals surface area (Å²) < 4.78 is 24.8. The molecular weight excluding hydrogens is 375 g/mol. The fourth-order valence-corrected chi connectivity index (χ4v) is 4.53. The van der Waals surface area contributed by atoms with E-state index in [1.807, 2.05) is 12.1 Å². The molecule has 3 unspecified atom stereocenters. The van der Waals surface area contributed by atoms with Crippen LogP contribution in [0.2, 0.25) is 0 Å². The van der Waals surface area contributed by atoms with Gasteiger partial charge in [0.25, 0.3) is 0 Å². The average molecular weight is 400 g/mol. The number of carbonyl (C=O) groups excluding carboxylic acids is 1. The standard InChI is InChI=1S/C21H25FN4O3/c22-16-7-5-14(6-8-16)15-11-18(19(12-15)29-20-4-1-9-24-25-20)26-10-2-3-17(13-26)28-21(23)27/h1,4-9,15,17-19H,2-3,10-13H2,(H2,23,27)/t15?,17-,18?,19?/m1/s1. The van der Waals surface area contributed by atoms with Gasteiger partial charge in [-0.3, -0.25) is 4.90 Å². The molecule has 2 fully saturated rings. The van der Waals surface area contributed by atoms with Gasteiger partial charge in [-0.25, -0.2) is 9.18 Å². The first-order valence-electron chi connectivity index (χ1n) is 9.98. The van der Waals surface area contributed by atoms with Crippen LogP contribution in [0, 0.1) is 5.82 Å². The van der Waals surface area contributed by atoms with Gasteiger partial charge in [-0.2, -0.15) is 5.10 Å². The van der Waals surface area contributed by atoms with Crippen molar-refractivity contribution in [1.29, 1.82) is 0 Å². The summed E-state index contributed by atoms with van der Waals surface area (Å²) >= 11 is 0. The number of piperidine rings is 1. The predicted octanol–water partition coefficient (Wildman–Crippen LogP) is 2.87. The second kappa shape index (κ2) is 8.73. The number of carbonyl (C=O) groups is 1. The molecule has 8 heteroatoms. The molecule has 0 bridgehead atoms. The summed E-state index contributed by atoms with van der Waals surface area (Å²) in [5.41, 5.74) is 6.31. The van der Waals surface area contributed by atoms with Gasteiger partial charge in [-0.05, 0) is 61.9 Å². The van der Waals surface area contributed by atoms with Gasteiger partial charge in [0.15, 0.2) is 0 Å². The van der Waals surface area contributed by atoms with E-state index in [-0.39, 0.29) is 30.0 Å². The third kappa shape index (κ3) is 4.82. The fourth-order valence-electron chi connectivity index (χ4n) is 4.53. The molecule has 2 aliphatic rings. The molecule has 0 radical (unpaired) electrons. The Labute approximate surface area is 169 Å². The Morgan fingerprint density at radius 3 is 2.76 bits per heavy atom. The van der Waals surface area contributed by atoms with Crippen LogP contribution in [0.15, 0.2) is 42.6 Å². The van der Waals surface area contributed by atoms with Crippen LogP contribution in [0.3, 0.4) is 0 Å². The number of rotatable bonds is 5. The average Bonchev–Trinajstić information content (AvgIpc) is 3.13. The topological polar surface area (TPSA) is 90.6 Å². The molecule has 7 nitrogen and oxygen atoms in total. The van der Waals surface area contributed by atoms with Crippen molar-refractivity contribution in [2.45, 2.75) is 49.9 Å². The van der Waals surface area contributed by atoms with E-state index in [4.69, 9.17) is 15.2 Å². The number of hydrogen-bond donors (Lipinski definition) is 1. The van der Waals surface area contributed by atoms with E-state index >= 15 is 0 Å². The van der Waals surface area contributed by atoms with Crippen molar-refractivity contribution in [3.8, 4) is 5.88 Å². The van der Waals surface area contributed by atoms with Gasteiger partial charge in [-0.15, -0.1) is 5.10 Å². The van der Waals surface area contributed by atoms with Crippen LogP contribution >= 0.6 is 0 Å². The second-order valence-corrected chi connectivity index (χ2v) is 7.70. The molecule has 0 spiro atoms. The van der Waals surface area contributed by atoms with Crippen molar-refractivity contribution < 1.29 is 18.7 Å². The number of ether oxygens (including phenoxy) is 2. The van der Waals surface area contributed by atoms with E-state index < -0.39 is 6.09 Å². The number of aromatic nitrogens is 2. The maximum atomic E-state index is 13.4. The first-order valence-corrected chi connectivity index (χ1v) is 9.98. The lowest BCUT2D eigenvalue weighted by Crippen LogP contribution is -2.50. The van der Waals surface area contributed by atoms with Crippen molar-refractivity contribution in [1.82, 2.24) is 15.1 Å². The Balaban J connectivity index is 1.52. The van der Waals surface area contributed by atoms with E-state index in [9.17, 15) is 9.18 Å². The zero-order valence-corrected chi connectivity index (χ0v) is 16.1. The second-order valence-electron chi connectivity index (χ2n) is 7.70. The molecule has 1 aromatic heterocycles. The molecule has 1 aliphatic heterocycles. The maximum Gasteiger partial charge on any atom is 0.404 e. The molecule has 1 saturated carbocycles. The number of nitrogens with two attached hydrogens (primary N) is 1. The van der Waals surface area contributed by atoms with Crippen molar-refractivity contribution >= 4 is 6.09 Å². The van der Waals surface area contributed by atoms with E-state index in [1.165, 1.54) is 12.1 Å². The lowest BCUT2D eigenvalue weighted by atomic mass is 9.97. The number of halogens is 1. The van der Waals surface area contributed by atoms with Gasteiger partial charge in [0.05, 0.1) is 0 Å². The highest BCUT2D eigenvalue weighted by Gasteiger charge is 2.42. The van der Waals surface area contributed by atoms with Gasteiger partial charge in [0, 0.05) is 24.8 Å². The quantitative estimate of drug-likeness (QED) is 0.830. The van der Waals surface area contributed by atoms with E-state index in [2.05, 4.69) is 15.1 Å². The van der Waals surface area contributed by atoms with Gasteiger partial charge >= 0.3 is 6.09 Å². The summed E-state index contributed by atoms with van der Waals surface area (Å²) in [7, 11) is 0. The highest BCUT2D eigenvalue weighted by molar-refractivity contribution is 5.64. The Hall–Kier alpha value is -2.74. The van der Waals surface area contributed by atoms with Gasteiger partial charge in [0.1, 0.15) is 18.0 Å². The predicted molar refractivity (Wildman–Crippen MR) is 104 cm³/mol. The third-order valence-corrected chi connectivity index (χ3v) is 5.79. The van der Waals surface area contributed by atoms with Crippen LogP contribution in [0.5, 0.6) is 5.88 Å². The molecule has 2 aromatic rings. The molecular formula is C21H25FN4O3. The molecule has 4 atom stereocenters. The smallest absolute Gasteiger partial charge is 0.404 e. The highest BCUT2D eigenvalue weighted by Crippen LogP contribution is 2.40. The normalized spacial score (nSPS) is 27.5. The van der Waals surface area contributed by atoms with Crippen LogP contribution in [-0.4, -0.2) is 52.5 Å². The maximum absolute atomic E-state index is 13.4. The number of likely N-dealkylation sites (tertiary alicyclic amines) is 1. The van der Waals surface area contributed by atoms with E-state index in [1.54, 1.807) is 18.3 Å². The van der Waals surface area contributed by atoms with Crippen LogP contribution in [-0.2, 0) is 4.74 Å². The molecule has 2 N–H and O–H groups in total. The minimum Gasteiger partial charge on any atom is -0.472 e. The minimum atomic E-state index is -0.736. The monoisotopic (exact) mass is 400 g/mol. The number of hydrogen-bond acceptors (Lipinski definition) is 6. The Morgan fingerprint density at radius 1 is 1.21 bits per heavy atom. The molecule has 1 aromatic carbocycles. The molecule has 29 heavy (non-hydrogen) atoms. The first-order chi connectivity index (χ1) is 14.1. The Morgan fingerprint density at radius 2 is 2.03 bits per heavy atom. The summed E-state index contributed by atoms with van der Waals surface area (Å²) in [6, 6.07) is 10.4. The molecule has 1 aliphatic carbocycles. The SMILES string of the molecule is NC(=O)O[C@@H]1CCCN(C2CC(c3ccc(F)cc3)CC2Oc2cccnn2)C1. The molecule has 1 amide bonds. The van der Waals surface area contributed by atoms with Crippen LogP contribution in [0.1, 0.15) is 37.2 Å². The van der Waals surface area contributed by atoms with Crippen molar-refractivity contribution in [3.05, 3.63) is 54.0 Å². The zero-order chi connectivity index (χ0) is 20.2.